The molecule has 5 heteroatoms. The summed E-state index contributed by atoms with van der Waals surface area (Å²) in [5.74, 6) is -0.137. The first-order valence-corrected chi connectivity index (χ1v) is 6.21. The molecule has 1 saturated carbocycles. The molecule has 2 rings (SSSR count). The maximum atomic E-state index is 11.9. The van der Waals surface area contributed by atoms with Gasteiger partial charge in [0.05, 0.1) is 5.02 Å². The zero-order valence-corrected chi connectivity index (χ0v) is 10.3. The Morgan fingerprint density at radius 2 is 2.06 bits per heavy atom. The van der Waals surface area contributed by atoms with Gasteiger partial charge in [0.2, 0.25) is 0 Å². The van der Waals surface area contributed by atoms with E-state index < -0.39 is 0 Å². The van der Waals surface area contributed by atoms with E-state index in [2.05, 4.69) is 10.3 Å². The van der Waals surface area contributed by atoms with E-state index in [1.807, 2.05) is 0 Å². The summed E-state index contributed by atoms with van der Waals surface area (Å²) in [6, 6.07) is 3.81. The molecule has 1 heterocycles. The number of pyridine rings is 1. The molecule has 4 nitrogen and oxygen atoms in total. The van der Waals surface area contributed by atoms with Gasteiger partial charge in [-0.15, -0.1) is 0 Å². The van der Waals surface area contributed by atoms with Crippen molar-refractivity contribution in [1.29, 1.82) is 0 Å². The normalized spacial score (nSPS) is 24.4. The van der Waals surface area contributed by atoms with Crippen molar-refractivity contribution in [1.82, 2.24) is 10.3 Å². The van der Waals surface area contributed by atoms with E-state index in [1.54, 1.807) is 12.1 Å². The first-order chi connectivity index (χ1) is 8.15. The van der Waals surface area contributed by atoms with Crippen molar-refractivity contribution in [2.24, 2.45) is 5.73 Å². The Morgan fingerprint density at radius 3 is 2.65 bits per heavy atom. The number of rotatable bonds is 2. The molecule has 3 N–H and O–H groups in total. The molecule has 92 valence electrons. The van der Waals surface area contributed by atoms with E-state index in [1.165, 1.54) is 6.20 Å². The van der Waals surface area contributed by atoms with Gasteiger partial charge in [0.25, 0.3) is 5.91 Å². The number of halogens is 1. The van der Waals surface area contributed by atoms with Crippen molar-refractivity contribution in [3.05, 3.63) is 29.0 Å². The van der Waals surface area contributed by atoms with Gasteiger partial charge in [-0.05, 0) is 37.8 Å². The minimum atomic E-state index is -0.137. The highest BCUT2D eigenvalue weighted by atomic mass is 35.5. The largest absolute Gasteiger partial charge is 0.348 e. The third-order valence-corrected chi connectivity index (χ3v) is 3.29. The molecule has 1 aliphatic rings. The number of aromatic nitrogens is 1. The van der Waals surface area contributed by atoms with Crippen LogP contribution >= 0.6 is 11.6 Å². The zero-order chi connectivity index (χ0) is 12.3. The van der Waals surface area contributed by atoms with Crippen molar-refractivity contribution in [2.45, 2.75) is 37.8 Å². The maximum Gasteiger partial charge on any atom is 0.270 e. The lowest BCUT2D eigenvalue weighted by Gasteiger charge is -2.26. The second kappa shape index (κ2) is 5.47. The van der Waals surface area contributed by atoms with Gasteiger partial charge in [-0.25, -0.2) is 4.98 Å². The number of nitrogens with one attached hydrogen (secondary N) is 1. The monoisotopic (exact) mass is 253 g/mol. The third kappa shape index (κ3) is 3.41. The smallest absolute Gasteiger partial charge is 0.270 e. The SMILES string of the molecule is NC1CCC(NC(=O)c2ccc(Cl)cn2)CC1. The van der Waals surface area contributed by atoms with E-state index in [9.17, 15) is 4.79 Å². The van der Waals surface area contributed by atoms with Crippen LogP contribution in [0.4, 0.5) is 0 Å². The number of nitrogens with zero attached hydrogens (tertiary/aromatic N) is 1. The van der Waals surface area contributed by atoms with Crippen LogP contribution in [0.1, 0.15) is 36.2 Å². The Hall–Kier alpha value is -1.13. The van der Waals surface area contributed by atoms with Crippen LogP contribution in [-0.4, -0.2) is 23.0 Å². The summed E-state index contributed by atoms with van der Waals surface area (Å²) in [7, 11) is 0. The van der Waals surface area contributed by atoms with Gasteiger partial charge in [0.1, 0.15) is 5.69 Å². The van der Waals surface area contributed by atoms with Gasteiger partial charge in [-0.2, -0.15) is 0 Å². The number of amides is 1. The number of hydrogen-bond donors (Lipinski definition) is 2. The highest BCUT2D eigenvalue weighted by Gasteiger charge is 2.20. The maximum absolute atomic E-state index is 11.9. The van der Waals surface area contributed by atoms with Crippen LogP contribution < -0.4 is 11.1 Å². The Morgan fingerprint density at radius 1 is 1.35 bits per heavy atom. The van der Waals surface area contributed by atoms with Gasteiger partial charge in [0, 0.05) is 18.3 Å². The van der Waals surface area contributed by atoms with Crippen LogP contribution in [0.5, 0.6) is 0 Å². The average Bonchev–Trinajstić information content (AvgIpc) is 2.33. The molecular weight excluding hydrogens is 238 g/mol. The minimum absolute atomic E-state index is 0.137. The van der Waals surface area contributed by atoms with Crippen molar-refractivity contribution in [3.63, 3.8) is 0 Å². The summed E-state index contributed by atoms with van der Waals surface area (Å²) in [6.07, 6.45) is 5.31. The molecule has 1 aromatic rings. The summed E-state index contributed by atoms with van der Waals surface area (Å²) in [4.78, 5) is 15.8. The summed E-state index contributed by atoms with van der Waals surface area (Å²) < 4.78 is 0. The number of hydrogen-bond acceptors (Lipinski definition) is 3. The van der Waals surface area contributed by atoms with Gasteiger partial charge in [-0.1, -0.05) is 11.6 Å². The van der Waals surface area contributed by atoms with Gasteiger partial charge in [-0.3, -0.25) is 4.79 Å². The van der Waals surface area contributed by atoms with Crippen molar-refractivity contribution >= 4 is 17.5 Å². The van der Waals surface area contributed by atoms with Crippen molar-refractivity contribution in [3.8, 4) is 0 Å². The fourth-order valence-electron chi connectivity index (χ4n) is 2.03. The molecule has 17 heavy (non-hydrogen) atoms. The molecule has 1 amide bonds. The number of nitrogens with two attached hydrogens (primary N) is 1. The van der Waals surface area contributed by atoms with Crippen LogP contribution in [0.25, 0.3) is 0 Å². The highest BCUT2D eigenvalue weighted by Crippen LogP contribution is 2.17. The lowest BCUT2D eigenvalue weighted by molar-refractivity contribution is 0.0921. The van der Waals surface area contributed by atoms with E-state index >= 15 is 0 Å². The molecule has 0 bridgehead atoms. The lowest BCUT2D eigenvalue weighted by Crippen LogP contribution is -2.40. The Labute approximate surface area is 106 Å². The molecule has 1 fully saturated rings. The molecule has 0 aliphatic heterocycles. The van der Waals surface area contributed by atoms with E-state index in [0.717, 1.165) is 25.7 Å². The van der Waals surface area contributed by atoms with Crippen LogP contribution in [0, 0.1) is 0 Å². The molecule has 1 aliphatic carbocycles. The van der Waals surface area contributed by atoms with Crippen LogP contribution in [0.2, 0.25) is 5.02 Å². The van der Waals surface area contributed by atoms with E-state index in [-0.39, 0.29) is 18.0 Å². The average molecular weight is 254 g/mol. The molecule has 0 saturated heterocycles. The fraction of sp³-hybridized carbons (Fsp3) is 0.500. The Kier molecular flexibility index (Phi) is 3.97. The van der Waals surface area contributed by atoms with Crippen molar-refractivity contribution < 1.29 is 4.79 Å². The molecular formula is C12H16ClN3O. The van der Waals surface area contributed by atoms with Gasteiger partial charge >= 0.3 is 0 Å². The van der Waals surface area contributed by atoms with Crippen molar-refractivity contribution in [2.75, 3.05) is 0 Å². The predicted octanol–water partition coefficient (Wildman–Crippen LogP) is 1.73. The molecule has 0 radical (unpaired) electrons. The molecule has 0 aromatic carbocycles. The minimum Gasteiger partial charge on any atom is -0.348 e. The van der Waals surface area contributed by atoms with Gasteiger partial charge in [0.15, 0.2) is 0 Å². The summed E-state index contributed by atoms with van der Waals surface area (Å²) in [5, 5.41) is 3.51. The third-order valence-electron chi connectivity index (χ3n) is 3.07. The summed E-state index contributed by atoms with van der Waals surface area (Å²) in [6.45, 7) is 0. The second-order valence-corrected chi connectivity index (χ2v) is 4.88. The summed E-state index contributed by atoms with van der Waals surface area (Å²) in [5.41, 5.74) is 6.22. The fourth-order valence-corrected chi connectivity index (χ4v) is 2.14. The van der Waals surface area contributed by atoms with E-state index in [4.69, 9.17) is 17.3 Å². The van der Waals surface area contributed by atoms with Crippen LogP contribution in [0.15, 0.2) is 18.3 Å². The Bertz CT molecular complexity index is 385. The number of carbonyl (C=O) groups is 1. The number of carbonyl (C=O) groups excluding carboxylic acids is 1. The summed E-state index contributed by atoms with van der Waals surface area (Å²) >= 11 is 5.72. The first kappa shape index (κ1) is 12.3. The highest BCUT2D eigenvalue weighted by molar-refractivity contribution is 6.30. The standard InChI is InChI=1S/C12H16ClN3O/c13-8-1-6-11(15-7-8)12(17)16-10-4-2-9(14)3-5-10/h1,6-7,9-10H,2-5,14H2,(H,16,17). The predicted molar refractivity (Wildman–Crippen MR) is 66.9 cm³/mol. The quantitative estimate of drug-likeness (QED) is 0.844. The van der Waals surface area contributed by atoms with Crippen LogP contribution in [0.3, 0.4) is 0 Å². The van der Waals surface area contributed by atoms with Gasteiger partial charge < -0.3 is 11.1 Å². The second-order valence-electron chi connectivity index (χ2n) is 4.45. The van der Waals surface area contributed by atoms with E-state index in [0.29, 0.717) is 10.7 Å². The molecule has 0 spiro atoms. The van der Waals surface area contributed by atoms with Crippen LogP contribution in [-0.2, 0) is 0 Å². The first-order valence-electron chi connectivity index (χ1n) is 5.83. The molecule has 1 aromatic heterocycles. The zero-order valence-electron chi connectivity index (χ0n) is 9.53. The molecule has 0 unspecified atom stereocenters. The molecule has 0 atom stereocenters. The topological polar surface area (TPSA) is 68.0 Å². The Balaban J connectivity index is 1.91. The lowest BCUT2D eigenvalue weighted by atomic mass is 9.92.